The topological polar surface area (TPSA) is 35.5 Å². The normalized spacial score (nSPS) is 9.55. The quantitative estimate of drug-likeness (QED) is 0.260. The molecule has 0 amide bonds. The fraction of sp³-hybridized carbons (Fsp3) is 0.375. The average Bonchev–Trinajstić information content (AvgIpc) is 2.04. The highest BCUT2D eigenvalue weighted by Gasteiger charge is 1.92. The molecule has 0 N–H and O–H groups in total. The molecule has 0 aliphatic rings. The summed E-state index contributed by atoms with van der Waals surface area (Å²) in [5, 5.41) is 0. The molecule has 0 spiro atoms. The van der Waals surface area contributed by atoms with Gasteiger partial charge in [0.25, 0.3) is 0 Å². The number of esters is 1. The minimum Gasteiger partial charge on any atom is -0.498 e. The smallest absolute Gasteiger partial charge is 0.330 e. The van der Waals surface area contributed by atoms with Crippen LogP contribution in [0, 0.1) is 0 Å². The molecule has 62 valence electrons. The maximum absolute atomic E-state index is 10.4. The van der Waals surface area contributed by atoms with Gasteiger partial charge in [-0.15, -0.1) is 0 Å². The largest absolute Gasteiger partial charge is 0.498 e. The average molecular weight is 156 g/mol. The Morgan fingerprint density at radius 1 is 1.55 bits per heavy atom. The van der Waals surface area contributed by atoms with E-state index in [-0.39, 0.29) is 6.61 Å². The van der Waals surface area contributed by atoms with E-state index < -0.39 is 5.97 Å². The zero-order chi connectivity index (χ0) is 8.53. The van der Waals surface area contributed by atoms with E-state index in [9.17, 15) is 4.79 Å². The number of hydrogen-bond donors (Lipinski definition) is 0. The minimum absolute atomic E-state index is 0.259. The van der Waals surface area contributed by atoms with Gasteiger partial charge < -0.3 is 9.47 Å². The van der Waals surface area contributed by atoms with Gasteiger partial charge >= 0.3 is 5.97 Å². The lowest BCUT2D eigenvalue weighted by Gasteiger charge is -2.00. The molecule has 11 heavy (non-hydrogen) atoms. The Morgan fingerprint density at radius 3 is 2.82 bits per heavy atom. The van der Waals surface area contributed by atoms with Crippen LogP contribution < -0.4 is 0 Å². The van der Waals surface area contributed by atoms with Crippen molar-refractivity contribution in [3.63, 3.8) is 0 Å². The molecule has 3 nitrogen and oxygen atoms in total. The summed E-state index contributed by atoms with van der Waals surface area (Å²) in [7, 11) is 0. The molecule has 0 aliphatic heterocycles. The molecule has 0 saturated heterocycles. The monoisotopic (exact) mass is 156 g/mol. The van der Waals surface area contributed by atoms with Gasteiger partial charge in [0.05, 0.1) is 6.26 Å². The number of carbonyl (C=O) groups excluding carboxylic acids is 1. The van der Waals surface area contributed by atoms with Gasteiger partial charge in [0.1, 0.15) is 13.2 Å². The summed E-state index contributed by atoms with van der Waals surface area (Å²) in [5.74, 6) is -0.422. The number of allylic oxidation sites excluding steroid dienone is 1. The predicted molar refractivity (Wildman–Crippen MR) is 41.9 cm³/mol. The Labute approximate surface area is 66.3 Å². The lowest BCUT2D eigenvalue weighted by atomic mass is 10.6. The molecule has 0 saturated carbocycles. The van der Waals surface area contributed by atoms with Crippen molar-refractivity contribution in [3.8, 4) is 0 Å². The standard InChI is InChI=1S/C8H12O3/c1-3-5-10-6-7-11-8(9)4-2/h3-5H,2,6-7H2,1H3/b5-3-. The van der Waals surface area contributed by atoms with Crippen LogP contribution in [0.4, 0.5) is 0 Å². The van der Waals surface area contributed by atoms with Crippen LogP contribution in [0.25, 0.3) is 0 Å². The Balaban J connectivity index is 3.14. The van der Waals surface area contributed by atoms with Crippen LogP contribution in [-0.4, -0.2) is 19.2 Å². The molecule has 0 aliphatic carbocycles. The molecule has 0 unspecified atom stereocenters. The molecule has 0 heterocycles. The van der Waals surface area contributed by atoms with E-state index in [0.717, 1.165) is 6.08 Å². The van der Waals surface area contributed by atoms with Gasteiger partial charge in [0.15, 0.2) is 0 Å². The Kier molecular flexibility index (Phi) is 6.08. The van der Waals surface area contributed by atoms with Crippen LogP contribution in [0.5, 0.6) is 0 Å². The van der Waals surface area contributed by atoms with Gasteiger partial charge in [-0.05, 0) is 6.92 Å². The van der Waals surface area contributed by atoms with Crippen molar-refractivity contribution in [2.24, 2.45) is 0 Å². The number of rotatable bonds is 5. The molecule has 0 bridgehead atoms. The van der Waals surface area contributed by atoms with Crippen LogP contribution in [0.1, 0.15) is 6.92 Å². The van der Waals surface area contributed by atoms with E-state index in [1.165, 1.54) is 0 Å². The second-order valence-electron chi connectivity index (χ2n) is 1.71. The Hall–Kier alpha value is -1.25. The first kappa shape index (κ1) is 9.75. The van der Waals surface area contributed by atoms with E-state index in [1.54, 1.807) is 12.3 Å². The van der Waals surface area contributed by atoms with Gasteiger partial charge in [-0.1, -0.05) is 12.7 Å². The van der Waals surface area contributed by atoms with Crippen LogP contribution in [0.3, 0.4) is 0 Å². The highest BCUT2D eigenvalue weighted by molar-refractivity contribution is 5.81. The van der Waals surface area contributed by atoms with E-state index in [4.69, 9.17) is 4.74 Å². The van der Waals surface area contributed by atoms with Crippen molar-refractivity contribution in [1.82, 2.24) is 0 Å². The molecular weight excluding hydrogens is 144 g/mol. The van der Waals surface area contributed by atoms with Crippen molar-refractivity contribution in [2.45, 2.75) is 6.92 Å². The summed E-state index contributed by atoms with van der Waals surface area (Å²) in [6, 6.07) is 0. The van der Waals surface area contributed by atoms with E-state index in [1.807, 2.05) is 6.92 Å². The first-order valence-corrected chi connectivity index (χ1v) is 3.33. The first-order valence-electron chi connectivity index (χ1n) is 3.33. The predicted octanol–water partition coefficient (Wildman–Crippen LogP) is 1.27. The third-order valence-electron chi connectivity index (χ3n) is 0.844. The van der Waals surface area contributed by atoms with Crippen molar-refractivity contribution >= 4 is 5.97 Å². The summed E-state index contributed by atoms with van der Waals surface area (Å²) >= 11 is 0. The third-order valence-corrected chi connectivity index (χ3v) is 0.844. The highest BCUT2D eigenvalue weighted by Crippen LogP contribution is 1.81. The van der Waals surface area contributed by atoms with Crippen molar-refractivity contribution in [3.05, 3.63) is 25.0 Å². The zero-order valence-electron chi connectivity index (χ0n) is 6.58. The van der Waals surface area contributed by atoms with Crippen LogP contribution >= 0.6 is 0 Å². The molecule has 0 radical (unpaired) electrons. The molecule has 0 rings (SSSR count). The lowest BCUT2D eigenvalue weighted by Crippen LogP contribution is -2.06. The maximum Gasteiger partial charge on any atom is 0.330 e. The third kappa shape index (κ3) is 6.64. The maximum atomic E-state index is 10.4. The Bertz CT molecular complexity index is 149. The highest BCUT2D eigenvalue weighted by atomic mass is 16.6. The zero-order valence-corrected chi connectivity index (χ0v) is 6.58. The number of hydrogen-bond acceptors (Lipinski definition) is 3. The van der Waals surface area contributed by atoms with Gasteiger partial charge in [-0.25, -0.2) is 4.79 Å². The summed E-state index contributed by atoms with van der Waals surface area (Å²) in [6.45, 7) is 5.73. The summed E-state index contributed by atoms with van der Waals surface area (Å²) < 4.78 is 9.51. The summed E-state index contributed by atoms with van der Waals surface area (Å²) in [6.07, 6.45) is 4.42. The van der Waals surface area contributed by atoms with E-state index >= 15 is 0 Å². The van der Waals surface area contributed by atoms with E-state index in [2.05, 4.69) is 11.3 Å². The Morgan fingerprint density at radius 2 is 2.27 bits per heavy atom. The number of carbonyl (C=O) groups is 1. The lowest BCUT2D eigenvalue weighted by molar-refractivity contribution is -0.138. The van der Waals surface area contributed by atoms with Crippen LogP contribution in [0.15, 0.2) is 25.0 Å². The second kappa shape index (κ2) is 6.86. The summed E-state index contributed by atoms with van der Waals surface area (Å²) in [4.78, 5) is 10.4. The van der Waals surface area contributed by atoms with Gasteiger partial charge in [0.2, 0.25) is 0 Å². The van der Waals surface area contributed by atoms with Gasteiger partial charge in [0, 0.05) is 6.08 Å². The second-order valence-corrected chi connectivity index (χ2v) is 1.71. The van der Waals surface area contributed by atoms with Crippen LogP contribution in [0.2, 0.25) is 0 Å². The molecule has 0 aromatic heterocycles. The molecule has 0 aromatic carbocycles. The number of ether oxygens (including phenoxy) is 2. The van der Waals surface area contributed by atoms with Crippen molar-refractivity contribution < 1.29 is 14.3 Å². The molecule has 0 aromatic rings. The van der Waals surface area contributed by atoms with Crippen molar-refractivity contribution in [2.75, 3.05) is 13.2 Å². The van der Waals surface area contributed by atoms with Crippen LogP contribution in [-0.2, 0) is 14.3 Å². The minimum atomic E-state index is -0.422. The molecular formula is C8H12O3. The van der Waals surface area contributed by atoms with Crippen molar-refractivity contribution in [1.29, 1.82) is 0 Å². The van der Waals surface area contributed by atoms with Gasteiger partial charge in [-0.3, -0.25) is 0 Å². The molecule has 0 fully saturated rings. The molecule has 3 heteroatoms. The first-order chi connectivity index (χ1) is 5.31. The SMILES string of the molecule is C=CC(=O)OCCO/C=C\C. The fourth-order valence-electron chi connectivity index (χ4n) is 0.414. The fourth-order valence-corrected chi connectivity index (χ4v) is 0.414. The van der Waals surface area contributed by atoms with Gasteiger partial charge in [-0.2, -0.15) is 0 Å². The molecule has 0 atom stereocenters. The summed E-state index contributed by atoms with van der Waals surface area (Å²) in [5.41, 5.74) is 0. The van der Waals surface area contributed by atoms with E-state index in [0.29, 0.717) is 6.61 Å².